The van der Waals surface area contributed by atoms with Gasteiger partial charge in [0.25, 0.3) is 5.56 Å². The molecule has 0 saturated heterocycles. The first-order valence-corrected chi connectivity index (χ1v) is 7.54. The van der Waals surface area contributed by atoms with E-state index in [0.29, 0.717) is 0 Å². The number of aromatic nitrogens is 2. The molecule has 1 aromatic heterocycles. The maximum Gasteiger partial charge on any atom is 0.333 e. The fourth-order valence-corrected chi connectivity index (χ4v) is 2.56. The second-order valence-electron chi connectivity index (χ2n) is 5.53. The molecule has 0 unspecified atom stereocenters. The molecule has 0 aliphatic rings. The van der Waals surface area contributed by atoms with Gasteiger partial charge in [0.1, 0.15) is 11.5 Å². The van der Waals surface area contributed by atoms with E-state index in [0.717, 1.165) is 15.7 Å². The lowest BCUT2D eigenvalue weighted by Gasteiger charge is -2.15. The Kier molecular flexibility index (Phi) is 4.20. The van der Waals surface area contributed by atoms with Crippen LogP contribution in [0.3, 0.4) is 0 Å². The summed E-state index contributed by atoms with van der Waals surface area (Å²) in [5.41, 5.74) is 12.4. The van der Waals surface area contributed by atoms with E-state index in [1.54, 1.807) is 0 Å². The molecule has 0 aliphatic heterocycles. The third-order valence-electron chi connectivity index (χ3n) is 3.87. The largest absolute Gasteiger partial charge is 0.391 e. The highest BCUT2D eigenvalue weighted by molar-refractivity contribution is 5.57. The first-order valence-electron chi connectivity index (χ1n) is 7.54. The quantitative estimate of drug-likeness (QED) is 0.756. The van der Waals surface area contributed by atoms with Crippen molar-refractivity contribution >= 4 is 11.5 Å². The Bertz CT molecular complexity index is 960. The van der Waals surface area contributed by atoms with Crippen molar-refractivity contribution < 1.29 is 0 Å². The maximum absolute atomic E-state index is 12.8. The molecule has 6 nitrogen and oxygen atoms in total. The van der Waals surface area contributed by atoms with Gasteiger partial charge in [-0.2, -0.15) is 0 Å². The molecule has 0 amide bonds. The minimum absolute atomic E-state index is 0.00170. The minimum atomic E-state index is -0.564. The fourth-order valence-electron chi connectivity index (χ4n) is 2.56. The van der Waals surface area contributed by atoms with E-state index in [2.05, 4.69) is 0 Å². The van der Waals surface area contributed by atoms with Gasteiger partial charge in [0.2, 0.25) is 0 Å². The lowest BCUT2D eigenvalue weighted by molar-refractivity contribution is 0.622. The highest BCUT2D eigenvalue weighted by Gasteiger charge is 2.15. The van der Waals surface area contributed by atoms with E-state index < -0.39 is 11.2 Å². The first-order chi connectivity index (χ1) is 11.6. The first kappa shape index (κ1) is 15.6. The van der Waals surface area contributed by atoms with Gasteiger partial charge in [0, 0.05) is 0 Å². The summed E-state index contributed by atoms with van der Waals surface area (Å²) < 4.78 is 2.44. The number of benzene rings is 2. The van der Waals surface area contributed by atoms with Crippen molar-refractivity contribution in [1.29, 1.82) is 0 Å². The summed E-state index contributed by atoms with van der Waals surface area (Å²) in [6, 6.07) is 18.7. The molecule has 0 bridgehead atoms. The SMILES string of the molecule is Nc1c(N)n(Cc2ccccc2)c(=O)n(Cc2ccccc2)c1=O. The van der Waals surface area contributed by atoms with E-state index in [4.69, 9.17) is 11.5 Å². The Morgan fingerprint density at radius 1 is 0.708 bits per heavy atom. The smallest absolute Gasteiger partial charge is 0.333 e. The maximum atomic E-state index is 12.8. The average molecular weight is 322 g/mol. The van der Waals surface area contributed by atoms with Crippen molar-refractivity contribution in [3.05, 3.63) is 92.6 Å². The molecular formula is C18H18N4O2. The van der Waals surface area contributed by atoms with Gasteiger partial charge in [-0.25, -0.2) is 4.79 Å². The Morgan fingerprint density at radius 3 is 1.67 bits per heavy atom. The van der Waals surface area contributed by atoms with Crippen molar-refractivity contribution in [2.24, 2.45) is 0 Å². The molecule has 3 aromatic rings. The van der Waals surface area contributed by atoms with Crippen molar-refractivity contribution in [1.82, 2.24) is 9.13 Å². The third kappa shape index (κ3) is 2.94. The number of nitrogens with zero attached hydrogens (tertiary/aromatic N) is 2. The Morgan fingerprint density at radius 2 is 1.17 bits per heavy atom. The zero-order valence-corrected chi connectivity index (χ0v) is 13.1. The van der Waals surface area contributed by atoms with E-state index in [9.17, 15) is 9.59 Å². The molecular weight excluding hydrogens is 304 g/mol. The van der Waals surface area contributed by atoms with Crippen LogP contribution < -0.4 is 22.7 Å². The van der Waals surface area contributed by atoms with Gasteiger partial charge in [-0.1, -0.05) is 60.7 Å². The molecule has 0 atom stereocenters. The highest BCUT2D eigenvalue weighted by atomic mass is 16.2. The number of hydrogen-bond donors (Lipinski definition) is 2. The Balaban J connectivity index is 2.10. The predicted molar refractivity (Wildman–Crippen MR) is 94.9 cm³/mol. The van der Waals surface area contributed by atoms with Gasteiger partial charge in [-0.05, 0) is 11.1 Å². The van der Waals surface area contributed by atoms with Crippen LogP contribution in [-0.4, -0.2) is 9.13 Å². The lowest BCUT2D eigenvalue weighted by atomic mass is 10.2. The van der Waals surface area contributed by atoms with Crippen LogP contribution in [0.15, 0.2) is 70.3 Å². The zero-order chi connectivity index (χ0) is 17.1. The fraction of sp³-hybridized carbons (Fsp3) is 0.111. The number of nitrogens with two attached hydrogens (primary N) is 2. The molecule has 4 N–H and O–H groups in total. The van der Waals surface area contributed by atoms with Crippen molar-refractivity contribution in [2.45, 2.75) is 13.1 Å². The van der Waals surface area contributed by atoms with Crippen LogP contribution in [0.4, 0.5) is 11.5 Å². The van der Waals surface area contributed by atoms with Crippen molar-refractivity contribution in [3.63, 3.8) is 0 Å². The van der Waals surface area contributed by atoms with E-state index in [-0.39, 0.29) is 24.6 Å². The molecule has 6 heteroatoms. The molecule has 0 fully saturated rings. The normalized spacial score (nSPS) is 10.7. The molecule has 3 rings (SSSR count). The predicted octanol–water partition coefficient (Wildman–Crippen LogP) is 1.27. The molecule has 0 saturated carbocycles. The molecule has 24 heavy (non-hydrogen) atoms. The van der Waals surface area contributed by atoms with E-state index in [1.165, 1.54) is 4.57 Å². The van der Waals surface area contributed by atoms with Gasteiger partial charge >= 0.3 is 5.69 Å². The monoisotopic (exact) mass is 322 g/mol. The topological polar surface area (TPSA) is 96.0 Å². The van der Waals surface area contributed by atoms with Gasteiger partial charge in [-0.15, -0.1) is 0 Å². The summed E-state index contributed by atoms with van der Waals surface area (Å²) >= 11 is 0. The summed E-state index contributed by atoms with van der Waals surface area (Å²) in [6.45, 7) is 0.405. The van der Waals surface area contributed by atoms with Gasteiger partial charge in [0.05, 0.1) is 13.1 Å². The summed E-state index contributed by atoms with van der Waals surface area (Å²) in [7, 11) is 0. The van der Waals surface area contributed by atoms with Crippen LogP contribution in [0.2, 0.25) is 0 Å². The molecule has 0 radical (unpaired) electrons. The summed E-state index contributed by atoms with van der Waals surface area (Å²) in [4.78, 5) is 25.1. The summed E-state index contributed by atoms with van der Waals surface area (Å²) in [6.07, 6.45) is 0. The second kappa shape index (κ2) is 6.45. The van der Waals surface area contributed by atoms with E-state index >= 15 is 0 Å². The highest BCUT2D eigenvalue weighted by Crippen LogP contribution is 2.10. The summed E-state index contributed by atoms with van der Waals surface area (Å²) in [5, 5.41) is 0. The number of hydrogen-bond acceptors (Lipinski definition) is 4. The van der Waals surface area contributed by atoms with Crippen molar-refractivity contribution in [3.8, 4) is 0 Å². The number of nitrogen functional groups attached to an aromatic ring is 2. The van der Waals surface area contributed by atoms with Gasteiger partial charge in [-0.3, -0.25) is 13.9 Å². The Labute approximate surface area is 138 Å². The lowest BCUT2D eigenvalue weighted by Crippen LogP contribution is -2.42. The van der Waals surface area contributed by atoms with Gasteiger partial charge < -0.3 is 11.5 Å². The molecule has 1 heterocycles. The van der Waals surface area contributed by atoms with Crippen LogP contribution in [0.5, 0.6) is 0 Å². The number of rotatable bonds is 4. The molecule has 0 aliphatic carbocycles. The van der Waals surface area contributed by atoms with Crippen LogP contribution in [0.1, 0.15) is 11.1 Å². The molecule has 0 spiro atoms. The van der Waals surface area contributed by atoms with Gasteiger partial charge in [0.15, 0.2) is 0 Å². The van der Waals surface area contributed by atoms with Crippen molar-refractivity contribution in [2.75, 3.05) is 11.5 Å². The number of anilines is 2. The van der Waals surface area contributed by atoms with Crippen LogP contribution >= 0.6 is 0 Å². The Hall–Kier alpha value is -3.28. The molecule has 122 valence electrons. The van der Waals surface area contributed by atoms with Crippen LogP contribution in [-0.2, 0) is 13.1 Å². The summed E-state index contributed by atoms with van der Waals surface area (Å²) in [5.74, 6) is -0.00170. The second-order valence-corrected chi connectivity index (χ2v) is 5.53. The van der Waals surface area contributed by atoms with Crippen LogP contribution in [0, 0.1) is 0 Å². The molecule has 2 aromatic carbocycles. The van der Waals surface area contributed by atoms with Crippen LogP contribution in [0.25, 0.3) is 0 Å². The standard InChI is InChI=1S/C18H18N4O2/c19-15-16(20)21(11-13-7-3-1-4-8-13)18(24)22(17(15)23)12-14-9-5-2-6-10-14/h1-10H,11-12,19-20H2. The third-order valence-corrected chi connectivity index (χ3v) is 3.87. The average Bonchev–Trinajstić information content (AvgIpc) is 2.62. The van der Waals surface area contributed by atoms with E-state index in [1.807, 2.05) is 60.7 Å². The zero-order valence-electron chi connectivity index (χ0n) is 13.1. The minimum Gasteiger partial charge on any atom is -0.391 e.